The van der Waals surface area contributed by atoms with E-state index in [2.05, 4.69) is 15.5 Å². The van der Waals surface area contributed by atoms with Crippen LogP contribution < -0.4 is 9.47 Å². The zero-order chi connectivity index (χ0) is 17.1. The Morgan fingerprint density at radius 1 is 1.04 bits per heavy atom. The second-order valence-corrected chi connectivity index (χ2v) is 4.90. The molecular weight excluding hydrogens is 312 g/mol. The van der Waals surface area contributed by atoms with Crippen LogP contribution >= 0.6 is 0 Å². The molecule has 8 nitrogen and oxygen atoms in total. The summed E-state index contributed by atoms with van der Waals surface area (Å²) in [5, 5.41) is 20.3. The summed E-state index contributed by atoms with van der Waals surface area (Å²) in [6, 6.07) is 10.2. The number of tetrazole rings is 1. The number of methoxy groups -OCH3 is 2. The Morgan fingerprint density at radius 3 is 2.46 bits per heavy atom. The molecule has 0 spiro atoms. The smallest absolute Gasteiger partial charge is 0.335 e. The van der Waals surface area contributed by atoms with Crippen LogP contribution in [0.1, 0.15) is 10.4 Å². The van der Waals surface area contributed by atoms with Gasteiger partial charge in [0.15, 0.2) is 11.5 Å². The molecule has 0 fully saturated rings. The molecule has 0 aliphatic carbocycles. The van der Waals surface area contributed by atoms with Gasteiger partial charge >= 0.3 is 5.97 Å². The van der Waals surface area contributed by atoms with Crippen molar-refractivity contribution in [1.29, 1.82) is 0 Å². The number of aromatic nitrogens is 4. The van der Waals surface area contributed by atoms with Crippen molar-refractivity contribution in [3.8, 4) is 28.3 Å². The Bertz CT molecular complexity index is 878. The Hall–Kier alpha value is -3.42. The molecule has 0 saturated carbocycles. The van der Waals surface area contributed by atoms with Crippen molar-refractivity contribution in [3.05, 3.63) is 48.3 Å². The first kappa shape index (κ1) is 15.5. The van der Waals surface area contributed by atoms with Crippen molar-refractivity contribution in [2.75, 3.05) is 14.2 Å². The zero-order valence-electron chi connectivity index (χ0n) is 13.0. The third-order valence-corrected chi connectivity index (χ3v) is 3.50. The number of aromatic carboxylic acids is 1. The number of hydrogen-bond acceptors (Lipinski definition) is 6. The predicted octanol–water partition coefficient (Wildman–Crippen LogP) is 2.04. The van der Waals surface area contributed by atoms with E-state index in [1.54, 1.807) is 38.5 Å². The fourth-order valence-electron chi connectivity index (χ4n) is 2.33. The lowest BCUT2D eigenvalue weighted by Crippen LogP contribution is -2.02. The molecule has 0 bridgehead atoms. The lowest BCUT2D eigenvalue weighted by Gasteiger charge is -2.11. The SMILES string of the molecule is COc1ccc(-c2cc(C(=O)O)cc(-n3cnnn3)c2)cc1OC. The molecule has 1 aromatic heterocycles. The summed E-state index contributed by atoms with van der Waals surface area (Å²) in [5.41, 5.74) is 2.16. The van der Waals surface area contributed by atoms with Gasteiger partial charge in [0, 0.05) is 0 Å². The number of carboxylic acid groups (broad SMARTS) is 1. The summed E-state index contributed by atoms with van der Waals surface area (Å²) in [6.45, 7) is 0. The zero-order valence-corrected chi connectivity index (χ0v) is 13.0. The van der Waals surface area contributed by atoms with Crippen LogP contribution in [0, 0.1) is 0 Å². The first-order chi connectivity index (χ1) is 11.6. The van der Waals surface area contributed by atoms with Crippen LogP contribution in [0.3, 0.4) is 0 Å². The summed E-state index contributed by atoms with van der Waals surface area (Å²) >= 11 is 0. The fourth-order valence-corrected chi connectivity index (χ4v) is 2.33. The average Bonchev–Trinajstić information content (AvgIpc) is 3.15. The molecule has 0 atom stereocenters. The summed E-state index contributed by atoms with van der Waals surface area (Å²) in [5.74, 6) is 0.114. The maximum atomic E-state index is 11.4. The van der Waals surface area contributed by atoms with Gasteiger partial charge in [-0.25, -0.2) is 9.48 Å². The van der Waals surface area contributed by atoms with Gasteiger partial charge in [0.25, 0.3) is 0 Å². The molecule has 122 valence electrons. The van der Waals surface area contributed by atoms with Crippen LogP contribution in [-0.4, -0.2) is 45.5 Å². The van der Waals surface area contributed by atoms with Crippen LogP contribution in [0.5, 0.6) is 11.5 Å². The third kappa shape index (κ3) is 2.89. The molecule has 0 amide bonds. The molecule has 1 N–H and O–H groups in total. The molecule has 0 unspecified atom stereocenters. The minimum Gasteiger partial charge on any atom is -0.493 e. The minimum absolute atomic E-state index is 0.132. The van der Waals surface area contributed by atoms with Crippen LogP contribution in [0.2, 0.25) is 0 Å². The number of ether oxygens (including phenoxy) is 2. The van der Waals surface area contributed by atoms with Crippen molar-refractivity contribution >= 4 is 5.97 Å². The van der Waals surface area contributed by atoms with E-state index < -0.39 is 5.97 Å². The number of carbonyl (C=O) groups is 1. The number of rotatable bonds is 5. The van der Waals surface area contributed by atoms with Crippen LogP contribution in [0.15, 0.2) is 42.7 Å². The largest absolute Gasteiger partial charge is 0.493 e. The molecule has 0 aliphatic rings. The van der Waals surface area contributed by atoms with Crippen LogP contribution in [0.25, 0.3) is 16.8 Å². The van der Waals surface area contributed by atoms with Gasteiger partial charge < -0.3 is 14.6 Å². The van der Waals surface area contributed by atoms with Gasteiger partial charge in [-0.1, -0.05) is 6.07 Å². The highest BCUT2D eigenvalue weighted by Crippen LogP contribution is 2.33. The van der Waals surface area contributed by atoms with E-state index in [9.17, 15) is 9.90 Å². The maximum Gasteiger partial charge on any atom is 0.335 e. The molecule has 0 aliphatic heterocycles. The predicted molar refractivity (Wildman–Crippen MR) is 84.7 cm³/mol. The van der Waals surface area contributed by atoms with Gasteiger partial charge in [-0.15, -0.1) is 5.10 Å². The van der Waals surface area contributed by atoms with Crippen molar-refractivity contribution in [1.82, 2.24) is 20.2 Å². The standard InChI is InChI=1S/C16H14N4O4/c1-23-14-4-3-10(8-15(14)24-2)11-5-12(16(21)22)7-13(6-11)20-9-17-18-19-20/h3-9H,1-2H3,(H,21,22). The second kappa shape index (κ2) is 6.37. The minimum atomic E-state index is -1.04. The van der Waals surface area contributed by atoms with Gasteiger partial charge in [-0.3, -0.25) is 0 Å². The summed E-state index contributed by atoms with van der Waals surface area (Å²) in [4.78, 5) is 11.4. The molecule has 0 saturated heterocycles. The Balaban J connectivity index is 2.15. The lowest BCUT2D eigenvalue weighted by atomic mass is 10.0. The molecule has 1 heterocycles. The van der Waals surface area contributed by atoms with E-state index >= 15 is 0 Å². The average molecular weight is 326 g/mol. The Kier molecular flexibility index (Phi) is 4.11. The summed E-state index contributed by atoms with van der Waals surface area (Å²) in [6.07, 6.45) is 1.40. The van der Waals surface area contributed by atoms with Gasteiger partial charge in [0.1, 0.15) is 6.33 Å². The molecular formula is C16H14N4O4. The van der Waals surface area contributed by atoms with Crippen molar-refractivity contribution < 1.29 is 19.4 Å². The quantitative estimate of drug-likeness (QED) is 0.766. The number of nitrogens with zero attached hydrogens (tertiary/aromatic N) is 4. The van der Waals surface area contributed by atoms with Crippen molar-refractivity contribution in [2.24, 2.45) is 0 Å². The Morgan fingerprint density at radius 2 is 1.83 bits per heavy atom. The van der Waals surface area contributed by atoms with E-state index in [0.29, 0.717) is 22.7 Å². The normalized spacial score (nSPS) is 10.4. The van der Waals surface area contributed by atoms with Gasteiger partial charge in [0.05, 0.1) is 25.5 Å². The van der Waals surface area contributed by atoms with E-state index in [1.807, 2.05) is 6.07 Å². The van der Waals surface area contributed by atoms with E-state index in [-0.39, 0.29) is 5.56 Å². The molecule has 8 heteroatoms. The first-order valence-corrected chi connectivity index (χ1v) is 6.96. The van der Waals surface area contributed by atoms with Gasteiger partial charge in [-0.2, -0.15) is 0 Å². The second-order valence-electron chi connectivity index (χ2n) is 4.90. The van der Waals surface area contributed by atoms with Crippen LogP contribution in [-0.2, 0) is 0 Å². The highest BCUT2D eigenvalue weighted by molar-refractivity contribution is 5.90. The van der Waals surface area contributed by atoms with Crippen molar-refractivity contribution in [2.45, 2.75) is 0 Å². The molecule has 24 heavy (non-hydrogen) atoms. The number of benzene rings is 2. The highest BCUT2D eigenvalue weighted by Gasteiger charge is 2.12. The summed E-state index contributed by atoms with van der Waals surface area (Å²) < 4.78 is 11.9. The van der Waals surface area contributed by atoms with Crippen molar-refractivity contribution in [3.63, 3.8) is 0 Å². The third-order valence-electron chi connectivity index (χ3n) is 3.50. The molecule has 3 aromatic rings. The van der Waals surface area contributed by atoms with E-state index in [0.717, 1.165) is 5.56 Å². The molecule has 0 radical (unpaired) electrons. The molecule has 3 rings (SSSR count). The lowest BCUT2D eigenvalue weighted by molar-refractivity contribution is 0.0697. The van der Waals surface area contributed by atoms with E-state index in [4.69, 9.17) is 9.47 Å². The van der Waals surface area contributed by atoms with E-state index in [1.165, 1.54) is 17.1 Å². The highest BCUT2D eigenvalue weighted by atomic mass is 16.5. The van der Waals surface area contributed by atoms with Gasteiger partial charge in [-0.05, 0) is 51.9 Å². The fraction of sp³-hybridized carbons (Fsp3) is 0.125. The maximum absolute atomic E-state index is 11.4. The first-order valence-electron chi connectivity index (χ1n) is 6.96. The number of carboxylic acids is 1. The molecule has 2 aromatic carbocycles. The van der Waals surface area contributed by atoms with Crippen LogP contribution in [0.4, 0.5) is 0 Å². The number of hydrogen-bond donors (Lipinski definition) is 1. The summed E-state index contributed by atoms with van der Waals surface area (Å²) in [7, 11) is 3.10. The monoisotopic (exact) mass is 326 g/mol. The van der Waals surface area contributed by atoms with Gasteiger partial charge in [0.2, 0.25) is 0 Å². The topological polar surface area (TPSA) is 99.4 Å². The Labute approximate surface area is 137 Å².